The van der Waals surface area contributed by atoms with Crippen LogP contribution in [-0.4, -0.2) is 25.7 Å². The second kappa shape index (κ2) is 6.16. The Bertz CT molecular complexity index is 978. The third-order valence-corrected chi connectivity index (χ3v) is 5.24. The van der Waals surface area contributed by atoms with Crippen molar-refractivity contribution in [3.05, 3.63) is 48.2 Å². The van der Waals surface area contributed by atoms with Crippen LogP contribution in [0.4, 0.5) is 5.69 Å². The maximum Gasteiger partial charge on any atom is 0.265 e. The lowest BCUT2D eigenvalue weighted by Crippen LogP contribution is -2.14. The van der Waals surface area contributed by atoms with Crippen LogP contribution in [0.5, 0.6) is 5.75 Å². The third kappa shape index (κ3) is 3.07. The van der Waals surface area contributed by atoms with Crippen molar-refractivity contribution in [1.29, 1.82) is 0 Å². The smallest absolute Gasteiger partial charge is 0.265 e. The molecule has 0 atom stereocenters. The summed E-state index contributed by atoms with van der Waals surface area (Å²) in [5.74, 6) is 0.528. The van der Waals surface area contributed by atoms with E-state index in [4.69, 9.17) is 4.74 Å². The highest BCUT2D eigenvalue weighted by Gasteiger charge is 2.21. The zero-order valence-electron chi connectivity index (χ0n) is 13.7. The highest BCUT2D eigenvalue weighted by atomic mass is 32.2. The fourth-order valence-corrected chi connectivity index (χ4v) is 3.73. The molecule has 2 aromatic carbocycles. The summed E-state index contributed by atoms with van der Waals surface area (Å²) in [4.78, 5) is 0.126. The Morgan fingerprint density at radius 1 is 1.17 bits per heavy atom. The SMILES string of the molecule is COc1ccc(C(C)C)cc1S(=O)(=O)Nc1ccc2cn[nH]c2c1. The Kier molecular flexibility index (Phi) is 4.19. The Balaban J connectivity index is 2.01. The molecule has 0 spiro atoms. The minimum atomic E-state index is -3.77. The van der Waals surface area contributed by atoms with E-state index in [1.165, 1.54) is 7.11 Å². The van der Waals surface area contributed by atoms with Gasteiger partial charge < -0.3 is 4.74 Å². The fraction of sp³-hybridized carbons (Fsp3) is 0.235. The van der Waals surface area contributed by atoms with Crippen LogP contribution >= 0.6 is 0 Å². The first-order valence-corrected chi connectivity index (χ1v) is 9.03. The zero-order chi connectivity index (χ0) is 17.3. The third-order valence-electron chi connectivity index (χ3n) is 3.84. The van der Waals surface area contributed by atoms with Gasteiger partial charge in [0, 0.05) is 5.39 Å². The zero-order valence-corrected chi connectivity index (χ0v) is 14.5. The predicted molar refractivity (Wildman–Crippen MR) is 94.0 cm³/mol. The summed E-state index contributed by atoms with van der Waals surface area (Å²) < 4.78 is 33.5. The Morgan fingerprint density at radius 2 is 1.96 bits per heavy atom. The molecule has 1 aromatic heterocycles. The predicted octanol–water partition coefficient (Wildman–Crippen LogP) is 3.50. The molecule has 126 valence electrons. The lowest BCUT2D eigenvalue weighted by atomic mass is 10.0. The van der Waals surface area contributed by atoms with Crippen LogP contribution in [0.25, 0.3) is 10.9 Å². The summed E-state index contributed by atoms with van der Waals surface area (Å²) in [6.45, 7) is 4.02. The van der Waals surface area contributed by atoms with Gasteiger partial charge in [-0.05, 0) is 41.8 Å². The average molecular weight is 345 g/mol. The van der Waals surface area contributed by atoms with Gasteiger partial charge in [0.25, 0.3) is 10.0 Å². The van der Waals surface area contributed by atoms with Crippen LogP contribution in [0, 0.1) is 0 Å². The molecule has 3 aromatic rings. The van der Waals surface area contributed by atoms with E-state index in [0.717, 1.165) is 16.5 Å². The van der Waals surface area contributed by atoms with Crippen molar-refractivity contribution in [1.82, 2.24) is 10.2 Å². The quantitative estimate of drug-likeness (QED) is 0.741. The average Bonchev–Trinajstić information content (AvgIpc) is 3.01. The molecule has 0 unspecified atom stereocenters. The van der Waals surface area contributed by atoms with Gasteiger partial charge in [0.1, 0.15) is 10.6 Å². The van der Waals surface area contributed by atoms with Gasteiger partial charge in [0.05, 0.1) is 24.5 Å². The first-order chi connectivity index (χ1) is 11.4. The van der Waals surface area contributed by atoms with Gasteiger partial charge in [0.2, 0.25) is 0 Å². The molecule has 0 aliphatic rings. The number of sulfonamides is 1. The number of anilines is 1. The summed E-state index contributed by atoms with van der Waals surface area (Å²) in [5, 5.41) is 7.67. The Hall–Kier alpha value is -2.54. The molecular formula is C17H19N3O3S. The number of fused-ring (bicyclic) bond motifs is 1. The van der Waals surface area contributed by atoms with Crippen molar-refractivity contribution in [2.75, 3.05) is 11.8 Å². The summed E-state index contributed by atoms with van der Waals surface area (Å²) in [7, 11) is -2.31. The van der Waals surface area contributed by atoms with E-state index in [9.17, 15) is 8.42 Å². The summed E-state index contributed by atoms with van der Waals surface area (Å²) in [6.07, 6.45) is 1.68. The molecule has 0 saturated heterocycles. The van der Waals surface area contributed by atoms with Crippen LogP contribution in [-0.2, 0) is 10.0 Å². The normalized spacial score (nSPS) is 11.8. The van der Waals surface area contributed by atoms with Crippen LogP contribution in [0.15, 0.2) is 47.5 Å². The number of nitrogens with zero attached hydrogens (tertiary/aromatic N) is 1. The standard InChI is InChI=1S/C17H19N3O3S/c1-11(2)12-5-7-16(23-3)17(8-12)24(21,22)20-14-6-4-13-10-18-19-15(13)9-14/h4-11,20H,1-3H3,(H,18,19). The minimum Gasteiger partial charge on any atom is -0.495 e. The van der Waals surface area contributed by atoms with E-state index >= 15 is 0 Å². The monoisotopic (exact) mass is 345 g/mol. The molecule has 0 amide bonds. The van der Waals surface area contributed by atoms with Gasteiger partial charge in [-0.15, -0.1) is 0 Å². The van der Waals surface area contributed by atoms with Gasteiger partial charge in [-0.3, -0.25) is 9.82 Å². The van der Waals surface area contributed by atoms with Crippen LogP contribution < -0.4 is 9.46 Å². The van der Waals surface area contributed by atoms with Crippen molar-refractivity contribution in [2.45, 2.75) is 24.7 Å². The second-order valence-corrected chi connectivity index (χ2v) is 7.49. The summed E-state index contributed by atoms with van der Waals surface area (Å²) in [6, 6.07) is 10.4. The molecule has 0 bridgehead atoms. The number of rotatable bonds is 5. The van der Waals surface area contributed by atoms with Crippen molar-refractivity contribution >= 4 is 26.6 Å². The fourth-order valence-electron chi connectivity index (χ4n) is 2.47. The second-order valence-electron chi connectivity index (χ2n) is 5.84. The summed E-state index contributed by atoms with van der Waals surface area (Å²) in [5.41, 5.74) is 2.15. The van der Waals surface area contributed by atoms with Crippen LogP contribution in [0.2, 0.25) is 0 Å². The molecule has 0 aliphatic heterocycles. The molecule has 3 rings (SSSR count). The highest BCUT2D eigenvalue weighted by Crippen LogP contribution is 2.30. The number of methoxy groups -OCH3 is 1. The molecule has 0 fully saturated rings. The number of aromatic amines is 1. The molecular weight excluding hydrogens is 326 g/mol. The topological polar surface area (TPSA) is 84.1 Å². The maximum absolute atomic E-state index is 12.8. The molecule has 1 heterocycles. The van der Waals surface area contributed by atoms with Gasteiger partial charge in [0.15, 0.2) is 0 Å². The number of hydrogen-bond acceptors (Lipinski definition) is 4. The van der Waals surface area contributed by atoms with E-state index in [-0.39, 0.29) is 10.8 Å². The van der Waals surface area contributed by atoms with E-state index in [0.29, 0.717) is 11.4 Å². The lowest BCUT2D eigenvalue weighted by Gasteiger charge is -2.14. The van der Waals surface area contributed by atoms with E-state index in [1.807, 2.05) is 19.9 Å². The Morgan fingerprint density at radius 3 is 2.67 bits per heavy atom. The number of hydrogen-bond donors (Lipinski definition) is 2. The van der Waals surface area contributed by atoms with Gasteiger partial charge in [-0.1, -0.05) is 19.9 Å². The molecule has 0 saturated carbocycles. The maximum atomic E-state index is 12.8. The first-order valence-electron chi connectivity index (χ1n) is 7.54. The molecule has 2 N–H and O–H groups in total. The van der Waals surface area contributed by atoms with E-state index < -0.39 is 10.0 Å². The molecule has 24 heavy (non-hydrogen) atoms. The Labute approximate surface area is 140 Å². The van der Waals surface area contributed by atoms with Crippen molar-refractivity contribution in [2.24, 2.45) is 0 Å². The van der Waals surface area contributed by atoms with E-state index in [2.05, 4.69) is 14.9 Å². The molecule has 0 radical (unpaired) electrons. The van der Waals surface area contributed by atoms with Crippen LogP contribution in [0.3, 0.4) is 0 Å². The summed E-state index contributed by atoms with van der Waals surface area (Å²) >= 11 is 0. The number of ether oxygens (including phenoxy) is 1. The highest BCUT2D eigenvalue weighted by molar-refractivity contribution is 7.92. The number of aromatic nitrogens is 2. The van der Waals surface area contributed by atoms with Gasteiger partial charge >= 0.3 is 0 Å². The lowest BCUT2D eigenvalue weighted by molar-refractivity contribution is 0.402. The van der Waals surface area contributed by atoms with Gasteiger partial charge in [-0.25, -0.2) is 8.42 Å². The molecule has 7 heteroatoms. The van der Waals surface area contributed by atoms with Gasteiger partial charge in [-0.2, -0.15) is 5.10 Å². The van der Waals surface area contributed by atoms with Crippen molar-refractivity contribution in [3.63, 3.8) is 0 Å². The number of nitrogens with one attached hydrogen (secondary N) is 2. The van der Waals surface area contributed by atoms with E-state index in [1.54, 1.807) is 36.5 Å². The molecule has 0 aliphatic carbocycles. The minimum absolute atomic E-state index is 0.126. The van der Waals surface area contributed by atoms with Crippen molar-refractivity contribution < 1.29 is 13.2 Å². The van der Waals surface area contributed by atoms with Crippen LogP contribution in [0.1, 0.15) is 25.3 Å². The largest absolute Gasteiger partial charge is 0.495 e. The van der Waals surface area contributed by atoms with Crippen molar-refractivity contribution in [3.8, 4) is 5.75 Å². The number of H-pyrrole nitrogens is 1. The first kappa shape index (κ1) is 16.3. The number of benzene rings is 2. The molecule has 6 nitrogen and oxygen atoms in total.